The van der Waals surface area contributed by atoms with Crippen LogP contribution in [0.1, 0.15) is 0 Å². The summed E-state index contributed by atoms with van der Waals surface area (Å²) < 4.78 is 22.0. The van der Waals surface area contributed by atoms with Crippen LogP contribution in [-0.4, -0.2) is 94.6 Å². The number of rotatable bonds is 5. The monoisotopic (exact) mass is 374 g/mol. The molecule has 4 N–H and O–H groups in total. The molecule has 0 aromatic rings. The van der Waals surface area contributed by atoms with E-state index in [-0.39, 0.29) is 0 Å². The van der Waals surface area contributed by atoms with Gasteiger partial charge in [-0.25, -0.2) is 9.59 Å². The zero-order chi connectivity index (χ0) is 18.6. The maximum Gasteiger partial charge on any atom is 0.323 e. The number of urea groups is 2. The van der Waals surface area contributed by atoms with Crippen molar-refractivity contribution in [3.8, 4) is 0 Å². The van der Waals surface area contributed by atoms with Crippen LogP contribution in [0.4, 0.5) is 9.59 Å². The Labute approximate surface area is 144 Å². The molecular weight excluding hydrogens is 360 g/mol. The van der Waals surface area contributed by atoms with Crippen LogP contribution in [0.15, 0.2) is 0 Å². The van der Waals surface area contributed by atoms with E-state index in [1.807, 2.05) is 0 Å². The van der Waals surface area contributed by atoms with Crippen molar-refractivity contribution in [3.63, 3.8) is 0 Å². The van der Waals surface area contributed by atoms with Crippen LogP contribution < -0.4 is 10.6 Å². The van der Waals surface area contributed by atoms with E-state index < -0.39 is 74.6 Å². The van der Waals surface area contributed by atoms with E-state index in [0.29, 0.717) is 0 Å². The van der Waals surface area contributed by atoms with E-state index in [1.54, 1.807) is 0 Å². The van der Waals surface area contributed by atoms with Crippen LogP contribution in [0.2, 0.25) is 0 Å². The molecule has 142 valence electrons. The number of amides is 4. The highest BCUT2D eigenvalue weighted by Gasteiger charge is 2.57. The molecule has 0 saturated carbocycles. The Kier molecular flexibility index (Phi) is 3.83. The van der Waals surface area contributed by atoms with Gasteiger partial charge in [0.25, 0.3) is 0 Å². The summed E-state index contributed by atoms with van der Waals surface area (Å²) in [5.74, 6) is -2.44. The number of ether oxygens (including phenoxy) is 4. The molecule has 0 aliphatic carbocycles. The van der Waals surface area contributed by atoms with Gasteiger partial charge >= 0.3 is 24.0 Å². The van der Waals surface area contributed by atoms with E-state index in [0.717, 1.165) is 9.80 Å². The lowest BCUT2D eigenvalue weighted by Gasteiger charge is -2.23. The molecule has 0 unspecified atom stereocenters. The zero-order valence-electron chi connectivity index (χ0n) is 12.9. The summed E-state index contributed by atoms with van der Waals surface area (Å²) in [5, 5.41) is 22.6. The third-order valence-corrected chi connectivity index (χ3v) is 4.13. The Morgan fingerprint density at radius 2 is 1.19 bits per heavy atom. The van der Waals surface area contributed by atoms with Gasteiger partial charge in [-0.15, -0.1) is 0 Å². The zero-order valence-corrected chi connectivity index (χ0v) is 12.9. The third kappa shape index (κ3) is 2.68. The molecule has 0 bridgehead atoms. The second kappa shape index (κ2) is 5.94. The molecule has 14 heteroatoms. The highest BCUT2D eigenvalue weighted by Crippen LogP contribution is 2.34. The van der Waals surface area contributed by atoms with Crippen molar-refractivity contribution < 1.29 is 48.3 Å². The number of carboxylic acids is 2. The number of carbonyl (C=O) groups excluding carboxylic acids is 2. The van der Waals surface area contributed by atoms with E-state index in [9.17, 15) is 19.2 Å². The van der Waals surface area contributed by atoms with Crippen LogP contribution in [0.3, 0.4) is 0 Å². The summed E-state index contributed by atoms with van der Waals surface area (Å²) in [4.78, 5) is 47.0. The first kappa shape index (κ1) is 16.8. The number of carbonyl (C=O) groups is 4. The first-order valence-corrected chi connectivity index (χ1v) is 7.53. The summed E-state index contributed by atoms with van der Waals surface area (Å²) >= 11 is 0. The van der Waals surface area contributed by atoms with Crippen molar-refractivity contribution in [3.05, 3.63) is 0 Å². The van der Waals surface area contributed by atoms with Crippen molar-refractivity contribution >= 4 is 24.0 Å². The lowest BCUT2D eigenvalue weighted by molar-refractivity contribution is -0.235. The fourth-order valence-corrected chi connectivity index (χ4v) is 3.10. The number of hydrogen-bond acceptors (Lipinski definition) is 8. The molecule has 4 heterocycles. The van der Waals surface area contributed by atoms with E-state index in [4.69, 9.17) is 29.2 Å². The minimum Gasteiger partial charge on any atom is -0.480 e. The highest BCUT2D eigenvalue weighted by atomic mass is 16.8. The van der Waals surface area contributed by atoms with Crippen LogP contribution in [0.5, 0.6) is 0 Å². The van der Waals surface area contributed by atoms with Crippen LogP contribution in [-0.2, 0) is 28.5 Å². The van der Waals surface area contributed by atoms with Gasteiger partial charge in [0.05, 0.1) is 0 Å². The Morgan fingerprint density at radius 1 is 0.808 bits per heavy atom. The second-order valence-electron chi connectivity index (χ2n) is 5.85. The lowest BCUT2D eigenvalue weighted by Crippen LogP contribution is -2.43. The molecule has 26 heavy (non-hydrogen) atoms. The van der Waals surface area contributed by atoms with Crippen molar-refractivity contribution in [1.29, 1.82) is 0 Å². The number of hydrogen-bond donors (Lipinski definition) is 4. The molecule has 4 aliphatic rings. The Hall–Kier alpha value is -2.68. The van der Waals surface area contributed by atoms with Crippen molar-refractivity contribution in [2.75, 3.05) is 13.1 Å². The lowest BCUT2D eigenvalue weighted by atomic mass is 10.4. The third-order valence-electron chi connectivity index (χ3n) is 4.13. The van der Waals surface area contributed by atoms with Crippen LogP contribution in [0, 0.1) is 0 Å². The van der Waals surface area contributed by atoms with Gasteiger partial charge in [0.15, 0.2) is 24.9 Å². The summed E-state index contributed by atoms with van der Waals surface area (Å²) in [7, 11) is 0. The van der Waals surface area contributed by atoms with Crippen molar-refractivity contribution in [2.45, 2.75) is 37.5 Å². The minimum atomic E-state index is -1.22. The van der Waals surface area contributed by atoms with Gasteiger partial charge in [0.2, 0.25) is 12.6 Å². The molecule has 6 atom stereocenters. The molecule has 0 radical (unpaired) electrons. The molecule has 4 fully saturated rings. The Morgan fingerprint density at radius 3 is 1.54 bits per heavy atom. The Balaban J connectivity index is 1.40. The summed E-state index contributed by atoms with van der Waals surface area (Å²) in [6.45, 7) is -1.16. The van der Waals surface area contributed by atoms with Gasteiger partial charge < -0.3 is 39.8 Å². The fraction of sp³-hybridized carbons (Fsp3) is 0.667. The first-order valence-electron chi connectivity index (χ1n) is 7.53. The molecule has 4 amide bonds. The number of carboxylic acid groups (broad SMARTS) is 2. The molecule has 14 nitrogen and oxygen atoms in total. The number of nitrogens with one attached hydrogen (secondary N) is 2. The molecule has 0 spiro atoms. The largest absolute Gasteiger partial charge is 0.480 e. The van der Waals surface area contributed by atoms with E-state index >= 15 is 0 Å². The SMILES string of the molecule is O=C(O)CN1C(=O)N[C@@H]2O[C@@H]([C@H]3O[C@@H]4[C@@H](NC(=O)N4CC(=O)O)O3)O[C@H]21. The fourth-order valence-electron chi connectivity index (χ4n) is 3.10. The molecule has 4 aliphatic heterocycles. The van der Waals surface area contributed by atoms with Crippen molar-refractivity contribution in [1.82, 2.24) is 20.4 Å². The van der Waals surface area contributed by atoms with Gasteiger partial charge in [-0.1, -0.05) is 0 Å². The average molecular weight is 374 g/mol. The number of nitrogens with zero attached hydrogens (tertiary/aromatic N) is 2. The number of aliphatic carboxylic acids is 2. The predicted molar refractivity (Wildman–Crippen MR) is 72.8 cm³/mol. The summed E-state index contributed by atoms with van der Waals surface area (Å²) in [6, 6.07) is -1.29. The Bertz CT molecular complexity index is 616. The second-order valence-corrected chi connectivity index (χ2v) is 5.85. The average Bonchev–Trinajstić information content (AvgIpc) is 3.24. The van der Waals surface area contributed by atoms with Gasteiger partial charge in [-0.05, 0) is 0 Å². The molecule has 4 saturated heterocycles. The molecule has 0 aromatic carbocycles. The van der Waals surface area contributed by atoms with Crippen LogP contribution in [0.25, 0.3) is 0 Å². The standard InChI is InChI=1S/C12H14N4O10/c17-3(18)1-15-7-5(13-11(15)21)23-9(25-7)10-24-6-8(26-10)16(2-4(19)20)12(22)14-6/h5-10H,1-2H2,(H,13,21)(H,14,22)(H,17,18)(H,19,20)/t5-,6+,7-,8-,9-,10-/m1/s1. The summed E-state index contributed by atoms with van der Waals surface area (Å²) in [6.07, 6.45) is -6.03. The van der Waals surface area contributed by atoms with Crippen LogP contribution >= 0.6 is 0 Å². The summed E-state index contributed by atoms with van der Waals surface area (Å²) in [5.41, 5.74) is 0. The minimum absolute atomic E-state index is 0.580. The predicted octanol–water partition coefficient (Wildman–Crippen LogP) is -2.74. The number of fused-ring (bicyclic) bond motifs is 2. The van der Waals surface area contributed by atoms with E-state index in [1.165, 1.54) is 0 Å². The van der Waals surface area contributed by atoms with Gasteiger partial charge in [0.1, 0.15) is 13.1 Å². The highest BCUT2D eigenvalue weighted by molar-refractivity contribution is 5.83. The molecular formula is C12H14N4O10. The first-order chi connectivity index (χ1) is 12.3. The topological polar surface area (TPSA) is 176 Å². The molecule has 4 rings (SSSR count). The van der Waals surface area contributed by atoms with Crippen molar-refractivity contribution in [2.24, 2.45) is 0 Å². The van der Waals surface area contributed by atoms with Gasteiger partial charge in [0, 0.05) is 0 Å². The maximum atomic E-state index is 11.7. The smallest absolute Gasteiger partial charge is 0.323 e. The quantitative estimate of drug-likeness (QED) is 0.395. The van der Waals surface area contributed by atoms with Gasteiger partial charge in [-0.2, -0.15) is 0 Å². The normalized spacial score (nSPS) is 38.2. The van der Waals surface area contributed by atoms with E-state index in [2.05, 4.69) is 10.6 Å². The molecule has 0 aromatic heterocycles. The maximum absolute atomic E-state index is 11.7. The van der Waals surface area contributed by atoms with Gasteiger partial charge in [-0.3, -0.25) is 19.4 Å².